The summed E-state index contributed by atoms with van der Waals surface area (Å²) in [7, 11) is 0. The van der Waals surface area contributed by atoms with Gasteiger partial charge in [0.25, 0.3) is 0 Å². The Balaban J connectivity index is 1.86. The van der Waals surface area contributed by atoms with Crippen LogP contribution in [-0.4, -0.2) is 25.2 Å². The Hall–Kier alpha value is -1.06. The van der Waals surface area contributed by atoms with Gasteiger partial charge in [-0.1, -0.05) is 12.1 Å². The molecule has 1 aromatic carbocycles. The fourth-order valence-electron chi connectivity index (χ4n) is 2.15. The highest BCUT2D eigenvalue weighted by Crippen LogP contribution is 2.16. The Morgan fingerprint density at radius 3 is 2.71 bits per heavy atom. The van der Waals surface area contributed by atoms with Gasteiger partial charge in [-0.05, 0) is 44.5 Å². The maximum Gasteiger partial charge on any atom is 0.119 e. The molecule has 0 saturated carbocycles. The molecule has 0 aliphatic carbocycles. The van der Waals surface area contributed by atoms with Crippen LogP contribution >= 0.6 is 0 Å². The van der Waals surface area contributed by atoms with Gasteiger partial charge < -0.3 is 15.4 Å². The van der Waals surface area contributed by atoms with Crippen molar-refractivity contribution >= 4 is 0 Å². The summed E-state index contributed by atoms with van der Waals surface area (Å²) in [5.41, 5.74) is 1.56. The zero-order chi connectivity index (χ0) is 12.1. The molecule has 2 N–H and O–H groups in total. The summed E-state index contributed by atoms with van der Waals surface area (Å²) in [5, 5.41) is 7.01. The van der Waals surface area contributed by atoms with Crippen molar-refractivity contribution in [1.29, 1.82) is 0 Å². The van der Waals surface area contributed by atoms with Crippen LogP contribution in [0.2, 0.25) is 0 Å². The van der Waals surface area contributed by atoms with E-state index in [9.17, 15) is 0 Å². The number of rotatable bonds is 5. The molecule has 94 valence electrons. The molecule has 0 spiro atoms. The van der Waals surface area contributed by atoms with Gasteiger partial charge in [0.1, 0.15) is 5.75 Å². The smallest absolute Gasteiger partial charge is 0.119 e. The lowest BCUT2D eigenvalue weighted by molar-refractivity contribution is 0.340. The second-order valence-corrected chi connectivity index (χ2v) is 4.92. The van der Waals surface area contributed by atoms with E-state index < -0.39 is 0 Å². The SMILES string of the molecule is CCOc1ccc(CNC2(C)CCNC2)cc1. The van der Waals surface area contributed by atoms with Crippen molar-refractivity contribution in [1.82, 2.24) is 10.6 Å². The second-order valence-electron chi connectivity index (χ2n) is 4.92. The van der Waals surface area contributed by atoms with Crippen molar-refractivity contribution in [2.75, 3.05) is 19.7 Å². The molecule has 1 aliphatic heterocycles. The fraction of sp³-hybridized carbons (Fsp3) is 0.571. The molecule has 1 aliphatic rings. The molecular formula is C14H22N2O. The Morgan fingerprint density at radius 1 is 1.35 bits per heavy atom. The molecule has 1 fully saturated rings. The third-order valence-corrected chi connectivity index (χ3v) is 3.32. The molecular weight excluding hydrogens is 212 g/mol. The van der Waals surface area contributed by atoms with Gasteiger partial charge in [-0.3, -0.25) is 0 Å². The van der Waals surface area contributed by atoms with Crippen molar-refractivity contribution < 1.29 is 4.74 Å². The Labute approximate surface area is 104 Å². The van der Waals surface area contributed by atoms with E-state index in [-0.39, 0.29) is 5.54 Å². The molecule has 0 bridgehead atoms. The van der Waals surface area contributed by atoms with E-state index in [1.165, 1.54) is 12.0 Å². The molecule has 3 heteroatoms. The molecule has 0 radical (unpaired) electrons. The molecule has 1 unspecified atom stereocenters. The highest BCUT2D eigenvalue weighted by Gasteiger charge is 2.27. The Morgan fingerprint density at radius 2 is 2.12 bits per heavy atom. The summed E-state index contributed by atoms with van der Waals surface area (Å²) in [5.74, 6) is 0.949. The van der Waals surface area contributed by atoms with E-state index in [2.05, 4.69) is 29.7 Å². The summed E-state index contributed by atoms with van der Waals surface area (Å²) in [6.45, 7) is 8.10. The molecule has 1 saturated heterocycles. The quantitative estimate of drug-likeness (QED) is 0.816. The van der Waals surface area contributed by atoms with Gasteiger partial charge in [-0.2, -0.15) is 0 Å². The summed E-state index contributed by atoms with van der Waals surface area (Å²) >= 11 is 0. The van der Waals surface area contributed by atoms with Crippen LogP contribution in [0.15, 0.2) is 24.3 Å². The van der Waals surface area contributed by atoms with Gasteiger partial charge >= 0.3 is 0 Å². The number of benzene rings is 1. The zero-order valence-corrected chi connectivity index (χ0v) is 10.8. The molecule has 2 rings (SSSR count). The molecule has 1 aromatic rings. The first-order chi connectivity index (χ1) is 8.22. The normalized spacial score (nSPS) is 23.9. The summed E-state index contributed by atoms with van der Waals surface area (Å²) in [6.07, 6.45) is 1.20. The highest BCUT2D eigenvalue weighted by atomic mass is 16.5. The van der Waals surface area contributed by atoms with E-state index >= 15 is 0 Å². The first-order valence-electron chi connectivity index (χ1n) is 6.39. The predicted octanol–water partition coefficient (Wildman–Crippen LogP) is 1.93. The summed E-state index contributed by atoms with van der Waals surface area (Å²) < 4.78 is 5.43. The topological polar surface area (TPSA) is 33.3 Å². The van der Waals surface area contributed by atoms with Gasteiger partial charge in [-0.15, -0.1) is 0 Å². The van der Waals surface area contributed by atoms with Crippen LogP contribution in [0.1, 0.15) is 25.8 Å². The zero-order valence-electron chi connectivity index (χ0n) is 10.8. The molecule has 17 heavy (non-hydrogen) atoms. The average molecular weight is 234 g/mol. The van der Waals surface area contributed by atoms with Crippen molar-refractivity contribution in [3.8, 4) is 5.75 Å². The largest absolute Gasteiger partial charge is 0.494 e. The van der Waals surface area contributed by atoms with Crippen LogP contribution in [0.4, 0.5) is 0 Å². The van der Waals surface area contributed by atoms with Crippen molar-refractivity contribution in [3.05, 3.63) is 29.8 Å². The average Bonchev–Trinajstić information content (AvgIpc) is 2.76. The van der Waals surface area contributed by atoms with Gasteiger partial charge in [0.15, 0.2) is 0 Å². The summed E-state index contributed by atoms with van der Waals surface area (Å²) in [6, 6.07) is 8.33. The van der Waals surface area contributed by atoms with E-state index in [0.717, 1.165) is 32.0 Å². The summed E-state index contributed by atoms with van der Waals surface area (Å²) in [4.78, 5) is 0. The van der Waals surface area contributed by atoms with Crippen LogP contribution in [0, 0.1) is 0 Å². The predicted molar refractivity (Wildman–Crippen MR) is 70.3 cm³/mol. The van der Waals surface area contributed by atoms with Crippen molar-refractivity contribution in [2.45, 2.75) is 32.4 Å². The molecule has 1 heterocycles. The van der Waals surface area contributed by atoms with Crippen LogP contribution in [0.5, 0.6) is 5.75 Å². The fourth-order valence-corrected chi connectivity index (χ4v) is 2.15. The lowest BCUT2D eigenvalue weighted by Gasteiger charge is -2.24. The minimum atomic E-state index is 0.249. The number of ether oxygens (including phenoxy) is 1. The first-order valence-corrected chi connectivity index (χ1v) is 6.39. The van der Waals surface area contributed by atoms with Crippen LogP contribution in [0.25, 0.3) is 0 Å². The highest BCUT2D eigenvalue weighted by molar-refractivity contribution is 5.27. The maximum absolute atomic E-state index is 5.43. The Kier molecular flexibility index (Phi) is 4.02. The van der Waals surface area contributed by atoms with Gasteiger partial charge in [0.05, 0.1) is 6.61 Å². The van der Waals surface area contributed by atoms with E-state index in [1.807, 2.05) is 19.1 Å². The minimum Gasteiger partial charge on any atom is -0.494 e. The minimum absolute atomic E-state index is 0.249. The van der Waals surface area contributed by atoms with Crippen LogP contribution in [-0.2, 0) is 6.54 Å². The van der Waals surface area contributed by atoms with Gasteiger partial charge in [0, 0.05) is 18.6 Å². The maximum atomic E-state index is 5.43. The van der Waals surface area contributed by atoms with Gasteiger partial charge in [0.2, 0.25) is 0 Å². The van der Waals surface area contributed by atoms with Gasteiger partial charge in [-0.25, -0.2) is 0 Å². The second kappa shape index (κ2) is 5.52. The van der Waals surface area contributed by atoms with Crippen molar-refractivity contribution in [2.24, 2.45) is 0 Å². The van der Waals surface area contributed by atoms with E-state index in [1.54, 1.807) is 0 Å². The molecule has 1 atom stereocenters. The standard InChI is InChI=1S/C14H22N2O/c1-3-17-13-6-4-12(5-7-13)10-16-14(2)8-9-15-11-14/h4-7,15-16H,3,8-11H2,1-2H3. The molecule has 3 nitrogen and oxygen atoms in total. The third-order valence-electron chi connectivity index (χ3n) is 3.32. The van der Waals surface area contributed by atoms with Crippen LogP contribution in [0.3, 0.4) is 0 Å². The number of hydrogen-bond donors (Lipinski definition) is 2. The van der Waals surface area contributed by atoms with Crippen molar-refractivity contribution in [3.63, 3.8) is 0 Å². The van der Waals surface area contributed by atoms with E-state index in [0.29, 0.717) is 0 Å². The monoisotopic (exact) mass is 234 g/mol. The van der Waals surface area contributed by atoms with E-state index in [4.69, 9.17) is 4.74 Å². The lowest BCUT2D eigenvalue weighted by atomic mass is 10.0. The Bertz CT molecular complexity index is 342. The first kappa shape index (κ1) is 12.4. The number of nitrogens with one attached hydrogen (secondary N) is 2. The molecule has 0 amide bonds. The lowest BCUT2D eigenvalue weighted by Crippen LogP contribution is -2.43. The van der Waals surface area contributed by atoms with Crippen LogP contribution < -0.4 is 15.4 Å². The third kappa shape index (κ3) is 3.45. The molecule has 0 aromatic heterocycles. The number of hydrogen-bond acceptors (Lipinski definition) is 3.